The van der Waals surface area contributed by atoms with Crippen molar-refractivity contribution in [1.82, 2.24) is 9.80 Å². The fourth-order valence-electron chi connectivity index (χ4n) is 3.17. The molecule has 0 aliphatic carbocycles. The molecular formula is C23H34N2O. The van der Waals surface area contributed by atoms with Gasteiger partial charge >= 0.3 is 0 Å². The van der Waals surface area contributed by atoms with Crippen LogP contribution in [0.5, 0.6) is 5.75 Å². The topological polar surface area (TPSA) is 15.7 Å². The van der Waals surface area contributed by atoms with Gasteiger partial charge in [-0.2, -0.15) is 0 Å². The van der Waals surface area contributed by atoms with Gasteiger partial charge < -0.3 is 9.64 Å². The lowest BCUT2D eigenvalue weighted by Gasteiger charge is -2.25. The largest absolute Gasteiger partial charge is 0.497 e. The molecule has 0 heterocycles. The van der Waals surface area contributed by atoms with E-state index in [1.54, 1.807) is 7.11 Å². The van der Waals surface area contributed by atoms with Crippen molar-refractivity contribution >= 4 is 0 Å². The Morgan fingerprint density at radius 1 is 0.846 bits per heavy atom. The lowest BCUT2D eigenvalue weighted by atomic mass is 10.0. The van der Waals surface area contributed by atoms with E-state index in [-0.39, 0.29) is 0 Å². The standard InChI is InChI=1S/C23H34N2O/c1-19(2)14-20-8-6-9-21(15-20)17-25(13-12-24(3)4)18-22-10-7-11-23(16-22)26-5/h6-11,15-16,19H,12-14,17-18H2,1-5H3. The zero-order valence-corrected chi connectivity index (χ0v) is 17.0. The zero-order chi connectivity index (χ0) is 18.9. The Hall–Kier alpha value is -1.84. The number of hydrogen-bond donors (Lipinski definition) is 0. The molecule has 0 bridgehead atoms. The van der Waals surface area contributed by atoms with Crippen LogP contribution in [-0.2, 0) is 19.5 Å². The summed E-state index contributed by atoms with van der Waals surface area (Å²) in [6.07, 6.45) is 1.14. The van der Waals surface area contributed by atoms with Crippen molar-refractivity contribution in [3.63, 3.8) is 0 Å². The van der Waals surface area contributed by atoms with Gasteiger partial charge in [-0.1, -0.05) is 50.2 Å². The molecule has 26 heavy (non-hydrogen) atoms. The normalized spacial score (nSPS) is 11.5. The van der Waals surface area contributed by atoms with E-state index in [0.29, 0.717) is 5.92 Å². The van der Waals surface area contributed by atoms with Crippen LogP contribution in [0.3, 0.4) is 0 Å². The van der Waals surface area contributed by atoms with Crippen LogP contribution >= 0.6 is 0 Å². The van der Waals surface area contributed by atoms with Crippen LogP contribution in [0.15, 0.2) is 48.5 Å². The third-order valence-electron chi connectivity index (χ3n) is 4.45. The van der Waals surface area contributed by atoms with Gasteiger partial charge in [0.2, 0.25) is 0 Å². The predicted molar refractivity (Wildman–Crippen MR) is 111 cm³/mol. The highest BCUT2D eigenvalue weighted by molar-refractivity contribution is 5.29. The molecule has 0 amide bonds. The molecule has 0 N–H and O–H groups in total. The number of rotatable bonds is 10. The molecule has 142 valence electrons. The Balaban J connectivity index is 2.11. The molecule has 0 aromatic heterocycles. The maximum Gasteiger partial charge on any atom is 0.119 e. The lowest BCUT2D eigenvalue weighted by molar-refractivity contribution is 0.226. The average molecular weight is 355 g/mol. The number of nitrogens with zero attached hydrogens (tertiary/aromatic N) is 2. The summed E-state index contributed by atoms with van der Waals surface area (Å²) in [5.74, 6) is 1.61. The molecule has 0 spiro atoms. The van der Waals surface area contributed by atoms with Crippen LogP contribution < -0.4 is 4.74 Å². The second kappa shape index (κ2) is 10.3. The van der Waals surface area contributed by atoms with Crippen molar-refractivity contribution in [1.29, 1.82) is 0 Å². The average Bonchev–Trinajstić information content (AvgIpc) is 2.59. The van der Waals surface area contributed by atoms with Gasteiger partial charge in [0.25, 0.3) is 0 Å². The van der Waals surface area contributed by atoms with Gasteiger partial charge in [-0.15, -0.1) is 0 Å². The molecule has 0 unspecified atom stereocenters. The Kier molecular flexibility index (Phi) is 8.14. The van der Waals surface area contributed by atoms with Crippen molar-refractivity contribution in [2.75, 3.05) is 34.3 Å². The molecule has 3 heteroatoms. The predicted octanol–water partition coefficient (Wildman–Crippen LogP) is 4.46. The quantitative estimate of drug-likeness (QED) is 0.626. The van der Waals surface area contributed by atoms with E-state index in [4.69, 9.17) is 4.74 Å². The number of hydrogen-bond acceptors (Lipinski definition) is 3. The summed E-state index contributed by atoms with van der Waals surface area (Å²) >= 11 is 0. The Bertz CT molecular complexity index is 667. The molecule has 0 saturated heterocycles. The first-order valence-corrected chi connectivity index (χ1v) is 9.54. The summed E-state index contributed by atoms with van der Waals surface area (Å²) < 4.78 is 5.38. The number of likely N-dealkylation sites (N-methyl/N-ethyl adjacent to an activating group) is 1. The number of ether oxygens (including phenoxy) is 1. The van der Waals surface area contributed by atoms with Gasteiger partial charge in [0.15, 0.2) is 0 Å². The van der Waals surface area contributed by atoms with Crippen molar-refractivity contribution in [2.24, 2.45) is 5.92 Å². The third kappa shape index (κ3) is 7.19. The SMILES string of the molecule is COc1cccc(CN(CCN(C)C)Cc2cccc(CC(C)C)c2)c1. The van der Waals surface area contributed by atoms with Crippen molar-refractivity contribution in [3.05, 3.63) is 65.2 Å². The molecule has 3 nitrogen and oxygen atoms in total. The van der Waals surface area contributed by atoms with E-state index in [0.717, 1.165) is 38.3 Å². The van der Waals surface area contributed by atoms with E-state index in [1.165, 1.54) is 16.7 Å². The van der Waals surface area contributed by atoms with Gasteiger partial charge in [-0.25, -0.2) is 0 Å². The van der Waals surface area contributed by atoms with Crippen LogP contribution in [0.25, 0.3) is 0 Å². The molecule has 0 atom stereocenters. The highest BCUT2D eigenvalue weighted by Crippen LogP contribution is 2.17. The molecular weight excluding hydrogens is 320 g/mol. The summed E-state index contributed by atoms with van der Waals surface area (Å²) in [6, 6.07) is 17.5. The lowest BCUT2D eigenvalue weighted by Crippen LogP contribution is -2.31. The first-order chi connectivity index (χ1) is 12.5. The Morgan fingerprint density at radius 3 is 2.08 bits per heavy atom. The molecule has 0 aliphatic heterocycles. The Morgan fingerprint density at radius 2 is 1.46 bits per heavy atom. The van der Waals surface area contributed by atoms with Crippen LogP contribution in [0.2, 0.25) is 0 Å². The zero-order valence-electron chi connectivity index (χ0n) is 17.0. The van der Waals surface area contributed by atoms with Gasteiger partial charge in [-0.3, -0.25) is 4.90 Å². The summed E-state index contributed by atoms with van der Waals surface area (Å²) in [6.45, 7) is 8.54. The molecule has 2 rings (SSSR count). The highest BCUT2D eigenvalue weighted by Gasteiger charge is 2.09. The summed E-state index contributed by atoms with van der Waals surface area (Å²) in [4.78, 5) is 4.76. The fourth-order valence-corrected chi connectivity index (χ4v) is 3.17. The van der Waals surface area contributed by atoms with E-state index in [2.05, 4.69) is 80.2 Å². The summed E-state index contributed by atoms with van der Waals surface area (Å²) in [5.41, 5.74) is 4.12. The van der Waals surface area contributed by atoms with E-state index in [9.17, 15) is 0 Å². The van der Waals surface area contributed by atoms with Crippen molar-refractivity contribution in [3.8, 4) is 5.75 Å². The molecule has 0 aliphatic rings. The van der Waals surface area contributed by atoms with Gasteiger partial charge in [0.1, 0.15) is 5.75 Å². The van der Waals surface area contributed by atoms with E-state index < -0.39 is 0 Å². The summed E-state index contributed by atoms with van der Waals surface area (Å²) in [5, 5.41) is 0. The minimum absolute atomic E-state index is 0.687. The van der Waals surface area contributed by atoms with Crippen molar-refractivity contribution < 1.29 is 4.74 Å². The van der Waals surface area contributed by atoms with E-state index in [1.807, 2.05) is 6.07 Å². The van der Waals surface area contributed by atoms with Crippen molar-refractivity contribution in [2.45, 2.75) is 33.4 Å². The second-order valence-electron chi connectivity index (χ2n) is 7.78. The monoisotopic (exact) mass is 354 g/mol. The molecule has 2 aromatic rings. The minimum Gasteiger partial charge on any atom is -0.497 e. The first kappa shape index (κ1) is 20.5. The van der Waals surface area contributed by atoms with Gasteiger partial charge in [-0.05, 0) is 55.3 Å². The van der Waals surface area contributed by atoms with Gasteiger partial charge in [0, 0.05) is 26.2 Å². The maximum atomic E-state index is 5.38. The smallest absolute Gasteiger partial charge is 0.119 e. The Labute approximate surface area is 159 Å². The van der Waals surface area contributed by atoms with Crippen LogP contribution in [0, 0.1) is 5.92 Å². The van der Waals surface area contributed by atoms with E-state index >= 15 is 0 Å². The summed E-state index contributed by atoms with van der Waals surface area (Å²) in [7, 11) is 5.99. The number of methoxy groups -OCH3 is 1. The molecule has 0 fully saturated rings. The van der Waals surface area contributed by atoms with Crippen LogP contribution in [0.4, 0.5) is 0 Å². The highest BCUT2D eigenvalue weighted by atomic mass is 16.5. The molecule has 0 radical (unpaired) electrons. The third-order valence-corrected chi connectivity index (χ3v) is 4.45. The number of benzene rings is 2. The van der Waals surface area contributed by atoms with Crippen LogP contribution in [0.1, 0.15) is 30.5 Å². The second-order valence-corrected chi connectivity index (χ2v) is 7.78. The van der Waals surface area contributed by atoms with Gasteiger partial charge in [0.05, 0.1) is 7.11 Å². The molecule has 2 aromatic carbocycles. The minimum atomic E-state index is 0.687. The van der Waals surface area contributed by atoms with Crippen LogP contribution in [-0.4, -0.2) is 44.1 Å². The first-order valence-electron chi connectivity index (χ1n) is 9.54. The molecule has 0 saturated carbocycles. The maximum absolute atomic E-state index is 5.38. The fraction of sp³-hybridized carbons (Fsp3) is 0.478.